The zero-order chi connectivity index (χ0) is 14.3. The molecule has 0 aliphatic rings. The SMILES string of the molecule is CNC(=O)[C@H](Cc1ccccc1)NC(=O)[C@@H](N)CS. The molecular formula is C13H19N3O2S. The van der Waals surface area contributed by atoms with E-state index in [1.807, 2.05) is 30.3 Å². The van der Waals surface area contributed by atoms with E-state index >= 15 is 0 Å². The highest BCUT2D eigenvalue weighted by molar-refractivity contribution is 7.80. The number of thiol groups is 1. The molecule has 2 atom stereocenters. The van der Waals surface area contributed by atoms with Crippen molar-refractivity contribution in [2.75, 3.05) is 12.8 Å². The summed E-state index contributed by atoms with van der Waals surface area (Å²) in [6.07, 6.45) is 0.422. The first kappa shape index (κ1) is 15.5. The Morgan fingerprint density at radius 2 is 1.89 bits per heavy atom. The Balaban J connectivity index is 2.73. The zero-order valence-corrected chi connectivity index (χ0v) is 11.7. The van der Waals surface area contributed by atoms with Crippen LogP contribution in [0.2, 0.25) is 0 Å². The number of nitrogens with one attached hydrogen (secondary N) is 2. The number of hydrogen-bond acceptors (Lipinski definition) is 4. The molecule has 104 valence electrons. The summed E-state index contributed by atoms with van der Waals surface area (Å²) in [5, 5.41) is 5.18. The van der Waals surface area contributed by atoms with Gasteiger partial charge in [0, 0.05) is 19.2 Å². The lowest BCUT2D eigenvalue weighted by molar-refractivity contribution is -0.129. The van der Waals surface area contributed by atoms with Gasteiger partial charge in [0.2, 0.25) is 11.8 Å². The van der Waals surface area contributed by atoms with E-state index in [1.54, 1.807) is 0 Å². The molecule has 0 aliphatic carbocycles. The third-order valence-corrected chi connectivity index (χ3v) is 3.09. The molecule has 0 saturated carbocycles. The van der Waals surface area contributed by atoms with Crippen LogP contribution in [0.25, 0.3) is 0 Å². The smallest absolute Gasteiger partial charge is 0.242 e. The van der Waals surface area contributed by atoms with Crippen molar-refractivity contribution >= 4 is 24.4 Å². The second-order valence-corrected chi connectivity index (χ2v) is 4.52. The predicted molar refractivity (Wildman–Crippen MR) is 78.0 cm³/mol. The van der Waals surface area contributed by atoms with Gasteiger partial charge in [-0.05, 0) is 5.56 Å². The first-order valence-electron chi connectivity index (χ1n) is 6.00. The van der Waals surface area contributed by atoms with Gasteiger partial charge in [-0.3, -0.25) is 9.59 Å². The Hall–Kier alpha value is -1.53. The van der Waals surface area contributed by atoms with Crippen LogP contribution in [-0.2, 0) is 16.0 Å². The number of carbonyl (C=O) groups excluding carboxylic acids is 2. The summed E-state index contributed by atoms with van der Waals surface area (Å²) in [5.74, 6) is -0.388. The normalized spacial score (nSPS) is 13.4. The van der Waals surface area contributed by atoms with Crippen molar-refractivity contribution in [3.05, 3.63) is 35.9 Å². The summed E-state index contributed by atoms with van der Waals surface area (Å²) >= 11 is 3.96. The number of hydrogen-bond donors (Lipinski definition) is 4. The van der Waals surface area contributed by atoms with E-state index in [0.717, 1.165) is 5.56 Å². The molecule has 0 fully saturated rings. The monoisotopic (exact) mass is 281 g/mol. The number of likely N-dealkylation sites (N-methyl/N-ethyl adjacent to an activating group) is 1. The van der Waals surface area contributed by atoms with Crippen molar-refractivity contribution in [1.82, 2.24) is 10.6 Å². The molecule has 2 amide bonds. The van der Waals surface area contributed by atoms with Crippen molar-refractivity contribution < 1.29 is 9.59 Å². The van der Waals surface area contributed by atoms with Crippen LogP contribution in [0.4, 0.5) is 0 Å². The first-order chi connectivity index (χ1) is 9.08. The molecule has 4 N–H and O–H groups in total. The quantitative estimate of drug-likeness (QED) is 0.541. The minimum absolute atomic E-state index is 0.234. The molecule has 19 heavy (non-hydrogen) atoms. The van der Waals surface area contributed by atoms with E-state index in [0.29, 0.717) is 6.42 Å². The van der Waals surface area contributed by atoms with Gasteiger partial charge in [0.05, 0.1) is 6.04 Å². The topological polar surface area (TPSA) is 84.2 Å². The summed E-state index contributed by atoms with van der Waals surface area (Å²) < 4.78 is 0. The fourth-order valence-electron chi connectivity index (χ4n) is 1.59. The molecule has 1 rings (SSSR count). The lowest BCUT2D eigenvalue weighted by atomic mass is 10.0. The number of benzene rings is 1. The molecule has 0 aliphatic heterocycles. The lowest BCUT2D eigenvalue weighted by Crippen LogP contribution is -2.52. The van der Waals surface area contributed by atoms with Gasteiger partial charge < -0.3 is 16.4 Å². The predicted octanol–water partition coefficient (Wildman–Crippen LogP) is -0.283. The highest BCUT2D eigenvalue weighted by atomic mass is 32.1. The summed E-state index contributed by atoms with van der Waals surface area (Å²) in [6.45, 7) is 0. The van der Waals surface area contributed by atoms with Gasteiger partial charge in [-0.2, -0.15) is 12.6 Å². The molecule has 0 spiro atoms. The summed E-state index contributed by atoms with van der Waals surface area (Å²) in [5.41, 5.74) is 6.55. The summed E-state index contributed by atoms with van der Waals surface area (Å²) in [7, 11) is 1.53. The molecule has 6 heteroatoms. The van der Waals surface area contributed by atoms with Crippen molar-refractivity contribution in [2.45, 2.75) is 18.5 Å². The Morgan fingerprint density at radius 1 is 1.26 bits per heavy atom. The fraction of sp³-hybridized carbons (Fsp3) is 0.385. The molecule has 1 aromatic rings. The summed E-state index contributed by atoms with van der Waals surface area (Å²) in [6, 6.07) is 8.13. The van der Waals surface area contributed by atoms with Crippen LogP contribution in [-0.4, -0.2) is 36.7 Å². The van der Waals surface area contributed by atoms with E-state index < -0.39 is 12.1 Å². The molecule has 0 radical (unpaired) electrons. The van der Waals surface area contributed by atoms with Gasteiger partial charge in [-0.25, -0.2) is 0 Å². The van der Waals surface area contributed by atoms with Crippen LogP contribution in [0, 0.1) is 0 Å². The van der Waals surface area contributed by atoms with Crippen molar-refractivity contribution in [1.29, 1.82) is 0 Å². The highest BCUT2D eigenvalue weighted by Crippen LogP contribution is 2.03. The van der Waals surface area contributed by atoms with E-state index in [2.05, 4.69) is 23.3 Å². The van der Waals surface area contributed by atoms with Gasteiger partial charge in [-0.15, -0.1) is 0 Å². The highest BCUT2D eigenvalue weighted by Gasteiger charge is 2.22. The van der Waals surface area contributed by atoms with Crippen molar-refractivity contribution in [3.8, 4) is 0 Å². The van der Waals surface area contributed by atoms with Crippen LogP contribution in [0.1, 0.15) is 5.56 Å². The van der Waals surface area contributed by atoms with Crippen molar-refractivity contribution in [2.24, 2.45) is 5.73 Å². The lowest BCUT2D eigenvalue weighted by Gasteiger charge is -2.19. The average molecular weight is 281 g/mol. The molecule has 0 heterocycles. The van der Waals surface area contributed by atoms with Crippen LogP contribution in [0.5, 0.6) is 0 Å². The molecule has 0 aromatic heterocycles. The van der Waals surface area contributed by atoms with Gasteiger partial charge in [-0.1, -0.05) is 30.3 Å². The minimum atomic E-state index is -0.716. The molecule has 5 nitrogen and oxygen atoms in total. The van der Waals surface area contributed by atoms with E-state index in [9.17, 15) is 9.59 Å². The van der Waals surface area contributed by atoms with Crippen LogP contribution >= 0.6 is 12.6 Å². The molecule has 1 aromatic carbocycles. The largest absolute Gasteiger partial charge is 0.357 e. The number of rotatable bonds is 6. The Kier molecular flexibility index (Phi) is 6.38. The Morgan fingerprint density at radius 3 is 2.42 bits per heavy atom. The molecule has 0 saturated heterocycles. The third kappa shape index (κ3) is 4.92. The maximum Gasteiger partial charge on any atom is 0.242 e. The minimum Gasteiger partial charge on any atom is -0.357 e. The standard InChI is InChI=1S/C13H19N3O2S/c1-15-13(18)11(16-12(17)10(14)8-19)7-9-5-3-2-4-6-9/h2-6,10-11,19H,7-8,14H2,1H3,(H,15,18)(H,16,17)/t10-,11-/m0/s1. The molecule has 0 bridgehead atoms. The average Bonchev–Trinajstić information content (AvgIpc) is 2.45. The Labute approximate surface area is 118 Å². The molecule has 0 unspecified atom stereocenters. The van der Waals surface area contributed by atoms with Gasteiger partial charge >= 0.3 is 0 Å². The van der Waals surface area contributed by atoms with E-state index in [-0.39, 0.29) is 17.6 Å². The maximum atomic E-state index is 11.8. The van der Waals surface area contributed by atoms with Crippen LogP contribution in [0.15, 0.2) is 30.3 Å². The summed E-state index contributed by atoms with van der Waals surface area (Å²) in [4.78, 5) is 23.5. The zero-order valence-electron chi connectivity index (χ0n) is 10.8. The second kappa shape index (κ2) is 7.81. The van der Waals surface area contributed by atoms with Gasteiger partial charge in [0.1, 0.15) is 6.04 Å². The van der Waals surface area contributed by atoms with Crippen LogP contribution < -0.4 is 16.4 Å². The number of carbonyl (C=O) groups is 2. The van der Waals surface area contributed by atoms with E-state index in [1.165, 1.54) is 7.05 Å². The third-order valence-electron chi connectivity index (χ3n) is 2.70. The van der Waals surface area contributed by atoms with Crippen molar-refractivity contribution in [3.63, 3.8) is 0 Å². The first-order valence-corrected chi connectivity index (χ1v) is 6.64. The van der Waals surface area contributed by atoms with Gasteiger partial charge in [0.25, 0.3) is 0 Å². The molecular weight excluding hydrogens is 262 g/mol. The number of nitrogens with two attached hydrogens (primary N) is 1. The maximum absolute atomic E-state index is 11.8. The van der Waals surface area contributed by atoms with Crippen LogP contribution in [0.3, 0.4) is 0 Å². The second-order valence-electron chi connectivity index (χ2n) is 4.15. The number of amides is 2. The van der Waals surface area contributed by atoms with Gasteiger partial charge in [0.15, 0.2) is 0 Å². The Bertz CT molecular complexity index is 425. The van der Waals surface area contributed by atoms with E-state index in [4.69, 9.17) is 5.73 Å². The fourth-order valence-corrected chi connectivity index (χ4v) is 1.76.